The lowest BCUT2D eigenvalue weighted by molar-refractivity contribution is 0.102. The van der Waals surface area contributed by atoms with Crippen molar-refractivity contribution in [3.63, 3.8) is 0 Å². The lowest BCUT2D eigenvalue weighted by atomic mass is 10.2. The second-order valence-corrected chi connectivity index (χ2v) is 5.36. The van der Waals surface area contributed by atoms with E-state index in [4.69, 9.17) is 23.2 Å². The van der Waals surface area contributed by atoms with Crippen molar-refractivity contribution >= 4 is 40.5 Å². The van der Waals surface area contributed by atoms with Crippen molar-refractivity contribution in [2.75, 3.05) is 24.3 Å². The second-order valence-electron chi connectivity index (χ2n) is 4.52. The number of halogens is 2. The van der Waals surface area contributed by atoms with E-state index in [0.717, 1.165) is 5.69 Å². The zero-order valence-corrected chi connectivity index (χ0v) is 12.7. The van der Waals surface area contributed by atoms with Crippen molar-refractivity contribution in [3.05, 3.63) is 58.1 Å². The minimum atomic E-state index is -0.260. The predicted octanol–water partition coefficient (Wildman–Crippen LogP) is 4.31. The Labute approximate surface area is 128 Å². The maximum Gasteiger partial charge on any atom is 0.257 e. The number of rotatable bonds is 3. The Morgan fingerprint density at radius 3 is 2.25 bits per heavy atom. The van der Waals surface area contributed by atoms with Gasteiger partial charge in [0.25, 0.3) is 5.91 Å². The SMILES string of the molecule is CN(C)c1ccc(NC(=O)c2ccc(Cl)cc2Cl)cc1. The van der Waals surface area contributed by atoms with Crippen LogP contribution in [0.15, 0.2) is 42.5 Å². The highest BCUT2D eigenvalue weighted by Crippen LogP contribution is 2.22. The first-order valence-corrected chi connectivity index (χ1v) is 6.77. The Kier molecular flexibility index (Phi) is 4.53. The molecule has 20 heavy (non-hydrogen) atoms. The average molecular weight is 309 g/mol. The molecule has 0 saturated carbocycles. The van der Waals surface area contributed by atoms with Crippen molar-refractivity contribution < 1.29 is 4.79 Å². The van der Waals surface area contributed by atoms with Gasteiger partial charge < -0.3 is 10.2 Å². The summed E-state index contributed by atoms with van der Waals surface area (Å²) < 4.78 is 0. The molecule has 0 radical (unpaired) electrons. The summed E-state index contributed by atoms with van der Waals surface area (Å²) in [6.07, 6.45) is 0. The number of hydrogen-bond donors (Lipinski definition) is 1. The van der Waals surface area contributed by atoms with E-state index >= 15 is 0 Å². The number of anilines is 2. The van der Waals surface area contributed by atoms with Crippen LogP contribution in [0.1, 0.15) is 10.4 Å². The van der Waals surface area contributed by atoms with Crippen molar-refractivity contribution in [3.8, 4) is 0 Å². The van der Waals surface area contributed by atoms with Gasteiger partial charge in [-0.05, 0) is 42.5 Å². The summed E-state index contributed by atoms with van der Waals surface area (Å²) in [5.74, 6) is -0.260. The molecule has 0 atom stereocenters. The maximum atomic E-state index is 12.1. The molecule has 0 heterocycles. The Bertz CT molecular complexity index is 624. The van der Waals surface area contributed by atoms with Gasteiger partial charge in [0.05, 0.1) is 10.6 Å². The molecule has 0 unspecified atom stereocenters. The fraction of sp³-hybridized carbons (Fsp3) is 0.133. The van der Waals surface area contributed by atoms with E-state index in [2.05, 4.69) is 5.32 Å². The molecule has 0 spiro atoms. The van der Waals surface area contributed by atoms with Crippen LogP contribution in [0.2, 0.25) is 10.0 Å². The number of hydrogen-bond acceptors (Lipinski definition) is 2. The fourth-order valence-electron chi connectivity index (χ4n) is 1.71. The first-order valence-electron chi connectivity index (χ1n) is 6.01. The quantitative estimate of drug-likeness (QED) is 0.916. The van der Waals surface area contributed by atoms with Gasteiger partial charge >= 0.3 is 0 Å². The number of carbonyl (C=O) groups is 1. The topological polar surface area (TPSA) is 32.3 Å². The van der Waals surface area contributed by atoms with Gasteiger partial charge in [-0.2, -0.15) is 0 Å². The van der Waals surface area contributed by atoms with Gasteiger partial charge in [0.2, 0.25) is 0 Å². The van der Waals surface area contributed by atoms with Crippen LogP contribution in [0.25, 0.3) is 0 Å². The highest BCUT2D eigenvalue weighted by molar-refractivity contribution is 6.37. The van der Waals surface area contributed by atoms with Crippen LogP contribution in [-0.2, 0) is 0 Å². The highest BCUT2D eigenvalue weighted by Gasteiger charge is 2.11. The average Bonchev–Trinajstić information content (AvgIpc) is 2.39. The molecular weight excluding hydrogens is 295 g/mol. The summed E-state index contributed by atoms with van der Waals surface area (Å²) in [6.45, 7) is 0. The van der Waals surface area contributed by atoms with E-state index in [9.17, 15) is 4.79 Å². The molecule has 3 nitrogen and oxygen atoms in total. The fourth-order valence-corrected chi connectivity index (χ4v) is 2.21. The molecule has 2 aromatic rings. The molecule has 0 aliphatic rings. The van der Waals surface area contributed by atoms with Crippen molar-refractivity contribution in [2.24, 2.45) is 0 Å². The zero-order valence-electron chi connectivity index (χ0n) is 11.2. The molecule has 1 N–H and O–H groups in total. The van der Waals surface area contributed by atoms with E-state index in [0.29, 0.717) is 21.3 Å². The Hall–Kier alpha value is -1.71. The van der Waals surface area contributed by atoms with E-state index in [1.165, 1.54) is 0 Å². The van der Waals surface area contributed by atoms with Crippen LogP contribution in [0.3, 0.4) is 0 Å². The van der Waals surface area contributed by atoms with Gasteiger partial charge in [-0.1, -0.05) is 23.2 Å². The normalized spacial score (nSPS) is 10.2. The van der Waals surface area contributed by atoms with Crippen molar-refractivity contribution in [1.82, 2.24) is 0 Å². The Morgan fingerprint density at radius 2 is 1.70 bits per heavy atom. The molecule has 0 saturated heterocycles. The highest BCUT2D eigenvalue weighted by atomic mass is 35.5. The Morgan fingerprint density at radius 1 is 1.05 bits per heavy atom. The van der Waals surface area contributed by atoms with Gasteiger partial charge in [0, 0.05) is 30.5 Å². The summed E-state index contributed by atoms with van der Waals surface area (Å²) in [5.41, 5.74) is 2.17. The predicted molar refractivity (Wildman–Crippen MR) is 85.2 cm³/mol. The van der Waals surface area contributed by atoms with Crippen LogP contribution in [0.4, 0.5) is 11.4 Å². The Balaban J connectivity index is 2.15. The van der Waals surface area contributed by atoms with E-state index in [1.807, 2.05) is 43.3 Å². The van der Waals surface area contributed by atoms with Gasteiger partial charge in [0.15, 0.2) is 0 Å². The number of carbonyl (C=O) groups excluding carboxylic acids is 1. The molecule has 0 aliphatic carbocycles. The first-order chi connectivity index (χ1) is 9.47. The third-order valence-electron chi connectivity index (χ3n) is 2.82. The lowest BCUT2D eigenvalue weighted by Gasteiger charge is -2.13. The van der Waals surface area contributed by atoms with Gasteiger partial charge in [0.1, 0.15) is 0 Å². The minimum Gasteiger partial charge on any atom is -0.378 e. The molecule has 2 aromatic carbocycles. The molecule has 0 fully saturated rings. The molecular formula is C15H14Cl2N2O. The summed E-state index contributed by atoms with van der Waals surface area (Å²) in [4.78, 5) is 14.1. The van der Waals surface area contributed by atoms with Gasteiger partial charge in [-0.25, -0.2) is 0 Å². The molecule has 104 valence electrons. The van der Waals surface area contributed by atoms with Gasteiger partial charge in [-0.3, -0.25) is 4.79 Å². The molecule has 5 heteroatoms. The van der Waals surface area contributed by atoms with Crippen LogP contribution < -0.4 is 10.2 Å². The van der Waals surface area contributed by atoms with Crippen LogP contribution >= 0.6 is 23.2 Å². The van der Waals surface area contributed by atoms with Crippen LogP contribution in [0.5, 0.6) is 0 Å². The molecule has 1 amide bonds. The lowest BCUT2D eigenvalue weighted by Crippen LogP contribution is -2.13. The van der Waals surface area contributed by atoms with E-state index in [-0.39, 0.29) is 5.91 Å². The van der Waals surface area contributed by atoms with Crippen molar-refractivity contribution in [2.45, 2.75) is 0 Å². The third-order valence-corrected chi connectivity index (χ3v) is 3.37. The number of nitrogens with one attached hydrogen (secondary N) is 1. The third kappa shape index (κ3) is 3.44. The maximum absolute atomic E-state index is 12.1. The largest absolute Gasteiger partial charge is 0.378 e. The monoisotopic (exact) mass is 308 g/mol. The van der Waals surface area contributed by atoms with Gasteiger partial charge in [-0.15, -0.1) is 0 Å². The molecule has 0 bridgehead atoms. The smallest absolute Gasteiger partial charge is 0.257 e. The summed E-state index contributed by atoms with van der Waals surface area (Å²) in [5, 5.41) is 3.63. The number of benzene rings is 2. The van der Waals surface area contributed by atoms with E-state index < -0.39 is 0 Å². The van der Waals surface area contributed by atoms with Crippen molar-refractivity contribution in [1.29, 1.82) is 0 Å². The summed E-state index contributed by atoms with van der Waals surface area (Å²) >= 11 is 11.8. The molecule has 2 rings (SSSR count). The van der Waals surface area contributed by atoms with E-state index in [1.54, 1.807) is 18.2 Å². The van der Waals surface area contributed by atoms with Crippen LogP contribution in [0, 0.1) is 0 Å². The number of amides is 1. The number of nitrogens with zero attached hydrogens (tertiary/aromatic N) is 1. The zero-order chi connectivity index (χ0) is 14.7. The molecule has 0 aromatic heterocycles. The summed E-state index contributed by atoms with van der Waals surface area (Å²) in [7, 11) is 3.92. The minimum absolute atomic E-state index is 0.260. The first kappa shape index (κ1) is 14.7. The standard InChI is InChI=1S/C15H14Cl2N2O/c1-19(2)12-6-4-11(5-7-12)18-15(20)13-8-3-10(16)9-14(13)17/h3-9H,1-2H3,(H,18,20). The molecule has 0 aliphatic heterocycles. The second kappa shape index (κ2) is 6.16. The summed E-state index contributed by atoms with van der Waals surface area (Å²) in [6, 6.07) is 12.3. The van der Waals surface area contributed by atoms with Crippen LogP contribution in [-0.4, -0.2) is 20.0 Å².